The van der Waals surface area contributed by atoms with Crippen LogP contribution < -0.4 is 10.2 Å². The predicted octanol–water partition coefficient (Wildman–Crippen LogP) is 4.04. The van der Waals surface area contributed by atoms with Gasteiger partial charge in [0.05, 0.1) is 6.20 Å². The first-order chi connectivity index (χ1) is 13.7. The van der Waals surface area contributed by atoms with Gasteiger partial charge in [0.1, 0.15) is 0 Å². The third kappa shape index (κ3) is 4.11. The summed E-state index contributed by atoms with van der Waals surface area (Å²) in [5, 5.41) is 2.88. The van der Waals surface area contributed by atoms with E-state index in [0.717, 1.165) is 24.2 Å². The number of rotatable bonds is 6. The number of benzene rings is 2. The Balaban J connectivity index is 1.34. The van der Waals surface area contributed by atoms with E-state index in [1.165, 1.54) is 0 Å². The zero-order valence-corrected chi connectivity index (χ0v) is 15.4. The number of carbonyl (C=O) groups excluding carboxylic acids is 2. The Bertz CT molecular complexity index is 981. The first-order valence-corrected chi connectivity index (χ1v) is 9.39. The van der Waals surface area contributed by atoms with E-state index < -0.39 is 0 Å². The maximum atomic E-state index is 12.3. The number of carbonyl (C=O) groups is 2. The van der Waals surface area contributed by atoms with E-state index in [9.17, 15) is 9.59 Å². The van der Waals surface area contributed by atoms with Crippen LogP contribution in [0.4, 0.5) is 11.4 Å². The summed E-state index contributed by atoms with van der Waals surface area (Å²) in [6.45, 7) is 0.726. The number of amides is 2. The SMILES string of the molecule is O=C(CCc1ncc(-c2ccccc2)o1)Nc1cccc(N2CCCC2=O)c1. The van der Waals surface area contributed by atoms with Crippen molar-refractivity contribution < 1.29 is 14.0 Å². The molecule has 142 valence electrons. The van der Waals surface area contributed by atoms with Gasteiger partial charge in [-0.3, -0.25) is 9.59 Å². The number of nitrogens with one attached hydrogen (secondary N) is 1. The molecule has 6 heteroatoms. The molecule has 1 saturated heterocycles. The van der Waals surface area contributed by atoms with E-state index in [2.05, 4.69) is 10.3 Å². The van der Waals surface area contributed by atoms with Crippen molar-refractivity contribution in [2.45, 2.75) is 25.7 Å². The van der Waals surface area contributed by atoms with Crippen LogP contribution in [0, 0.1) is 0 Å². The highest BCUT2D eigenvalue weighted by Gasteiger charge is 2.21. The molecular formula is C22H21N3O3. The van der Waals surface area contributed by atoms with Crippen molar-refractivity contribution in [2.24, 2.45) is 0 Å². The van der Waals surface area contributed by atoms with Gasteiger partial charge in [0.2, 0.25) is 11.8 Å². The van der Waals surface area contributed by atoms with E-state index >= 15 is 0 Å². The van der Waals surface area contributed by atoms with Gasteiger partial charge < -0.3 is 14.6 Å². The summed E-state index contributed by atoms with van der Waals surface area (Å²) in [7, 11) is 0. The van der Waals surface area contributed by atoms with Crippen LogP contribution in [0.25, 0.3) is 11.3 Å². The van der Waals surface area contributed by atoms with Crippen LogP contribution in [0.3, 0.4) is 0 Å². The summed E-state index contributed by atoms with van der Waals surface area (Å²) in [6, 6.07) is 17.1. The molecule has 0 aliphatic carbocycles. The van der Waals surface area contributed by atoms with Crippen molar-refractivity contribution in [3.8, 4) is 11.3 Å². The Kier molecular flexibility index (Phi) is 5.19. The summed E-state index contributed by atoms with van der Waals surface area (Å²) >= 11 is 0. The monoisotopic (exact) mass is 375 g/mol. The van der Waals surface area contributed by atoms with Gasteiger partial charge in [-0.1, -0.05) is 36.4 Å². The fourth-order valence-electron chi connectivity index (χ4n) is 3.28. The van der Waals surface area contributed by atoms with Gasteiger partial charge in [-0.05, 0) is 24.6 Å². The molecule has 0 saturated carbocycles. The van der Waals surface area contributed by atoms with E-state index in [1.54, 1.807) is 11.1 Å². The quantitative estimate of drug-likeness (QED) is 0.705. The van der Waals surface area contributed by atoms with Crippen molar-refractivity contribution in [1.29, 1.82) is 0 Å². The number of anilines is 2. The summed E-state index contributed by atoms with van der Waals surface area (Å²) in [4.78, 5) is 30.2. The molecule has 2 aromatic carbocycles. The zero-order chi connectivity index (χ0) is 19.3. The molecule has 0 radical (unpaired) electrons. The van der Waals surface area contributed by atoms with Crippen molar-refractivity contribution in [1.82, 2.24) is 4.98 Å². The molecule has 1 aliphatic heterocycles. The summed E-state index contributed by atoms with van der Waals surface area (Å²) in [6.07, 6.45) is 3.82. The van der Waals surface area contributed by atoms with Gasteiger partial charge >= 0.3 is 0 Å². The third-order valence-corrected chi connectivity index (χ3v) is 4.69. The molecule has 0 unspecified atom stereocenters. The molecule has 0 spiro atoms. The molecule has 1 fully saturated rings. The smallest absolute Gasteiger partial charge is 0.227 e. The van der Waals surface area contributed by atoms with Gasteiger partial charge in [0.15, 0.2) is 11.7 Å². The zero-order valence-electron chi connectivity index (χ0n) is 15.4. The second kappa shape index (κ2) is 8.08. The minimum absolute atomic E-state index is 0.121. The Morgan fingerprint density at radius 1 is 1.14 bits per heavy atom. The maximum Gasteiger partial charge on any atom is 0.227 e. The average molecular weight is 375 g/mol. The van der Waals surface area contributed by atoms with Gasteiger partial charge in [-0.2, -0.15) is 0 Å². The minimum atomic E-state index is -0.121. The largest absolute Gasteiger partial charge is 0.441 e. The average Bonchev–Trinajstić information content (AvgIpc) is 3.36. The first-order valence-electron chi connectivity index (χ1n) is 9.39. The van der Waals surface area contributed by atoms with E-state index in [0.29, 0.717) is 30.2 Å². The van der Waals surface area contributed by atoms with Crippen molar-refractivity contribution in [3.05, 3.63) is 66.7 Å². The fourth-order valence-corrected chi connectivity index (χ4v) is 3.28. The topological polar surface area (TPSA) is 75.4 Å². The van der Waals surface area contributed by atoms with Crippen LogP contribution in [-0.2, 0) is 16.0 Å². The molecule has 1 N–H and O–H groups in total. The Hall–Kier alpha value is -3.41. The van der Waals surface area contributed by atoms with E-state index in [4.69, 9.17) is 4.42 Å². The molecule has 0 bridgehead atoms. The number of oxazole rings is 1. The van der Waals surface area contributed by atoms with Crippen LogP contribution in [0.1, 0.15) is 25.2 Å². The summed E-state index contributed by atoms with van der Waals surface area (Å²) < 4.78 is 5.73. The predicted molar refractivity (Wildman–Crippen MR) is 107 cm³/mol. The van der Waals surface area contributed by atoms with E-state index in [-0.39, 0.29) is 18.2 Å². The van der Waals surface area contributed by atoms with Gasteiger partial charge in [-0.25, -0.2) is 4.98 Å². The molecule has 1 aliphatic rings. The normalized spacial score (nSPS) is 13.7. The van der Waals surface area contributed by atoms with Crippen molar-refractivity contribution >= 4 is 23.2 Å². The lowest BCUT2D eigenvalue weighted by atomic mass is 10.2. The summed E-state index contributed by atoms with van der Waals surface area (Å²) in [5.74, 6) is 1.23. The fraction of sp³-hybridized carbons (Fsp3) is 0.227. The van der Waals surface area contributed by atoms with Crippen LogP contribution in [0.5, 0.6) is 0 Å². The van der Waals surface area contributed by atoms with Gasteiger partial charge in [0.25, 0.3) is 0 Å². The standard InChI is InChI=1S/C22H21N3O3/c26-20(11-12-21-23-15-19(28-21)16-6-2-1-3-7-16)24-17-8-4-9-18(14-17)25-13-5-10-22(25)27/h1-4,6-9,14-15H,5,10-13H2,(H,24,26). The molecule has 2 heterocycles. The number of nitrogens with zero attached hydrogens (tertiary/aromatic N) is 2. The summed E-state index contributed by atoms with van der Waals surface area (Å²) in [5.41, 5.74) is 2.46. The van der Waals surface area contributed by atoms with Gasteiger partial charge in [-0.15, -0.1) is 0 Å². The first kappa shape index (κ1) is 18.0. The molecule has 0 atom stereocenters. The van der Waals surface area contributed by atoms with Crippen molar-refractivity contribution in [2.75, 3.05) is 16.8 Å². The van der Waals surface area contributed by atoms with Gasteiger partial charge in [0, 0.05) is 42.7 Å². The van der Waals surface area contributed by atoms with Crippen molar-refractivity contribution in [3.63, 3.8) is 0 Å². The lowest BCUT2D eigenvalue weighted by Crippen LogP contribution is -2.23. The Morgan fingerprint density at radius 2 is 2.00 bits per heavy atom. The molecule has 28 heavy (non-hydrogen) atoms. The van der Waals surface area contributed by atoms with Crippen LogP contribution in [0.2, 0.25) is 0 Å². The Labute approximate surface area is 163 Å². The third-order valence-electron chi connectivity index (χ3n) is 4.69. The highest BCUT2D eigenvalue weighted by atomic mass is 16.4. The second-order valence-electron chi connectivity index (χ2n) is 6.73. The molecule has 1 aromatic heterocycles. The number of hydrogen-bond acceptors (Lipinski definition) is 4. The highest BCUT2D eigenvalue weighted by molar-refractivity contribution is 5.97. The molecule has 6 nitrogen and oxygen atoms in total. The molecule has 2 amide bonds. The maximum absolute atomic E-state index is 12.3. The minimum Gasteiger partial charge on any atom is -0.441 e. The number of aryl methyl sites for hydroxylation is 1. The molecular weight excluding hydrogens is 354 g/mol. The van der Waals surface area contributed by atoms with Crippen LogP contribution >= 0.6 is 0 Å². The number of hydrogen-bond donors (Lipinski definition) is 1. The second-order valence-corrected chi connectivity index (χ2v) is 6.73. The molecule has 4 rings (SSSR count). The van der Waals surface area contributed by atoms with E-state index in [1.807, 2.05) is 54.6 Å². The lowest BCUT2D eigenvalue weighted by molar-refractivity contribution is -0.117. The van der Waals surface area contributed by atoms with Crippen LogP contribution in [0.15, 0.2) is 65.2 Å². The van der Waals surface area contributed by atoms with Crippen LogP contribution in [-0.4, -0.2) is 23.3 Å². The Morgan fingerprint density at radius 3 is 2.79 bits per heavy atom. The number of aromatic nitrogens is 1. The highest BCUT2D eigenvalue weighted by Crippen LogP contribution is 2.24. The lowest BCUT2D eigenvalue weighted by Gasteiger charge is -2.16. The molecule has 3 aromatic rings.